The smallest absolute Gasteiger partial charge is 0.151 e. The first kappa shape index (κ1) is 16.6. The third-order valence-corrected chi connectivity index (χ3v) is 4.66. The van der Waals surface area contributed by atoms with Crippen LogP contribution in [0.1, 0.15) is 12.5 Å². The molecule has 2 rings (SSSR count). The molecule has 0 radical (unpaired) electrons. The standard InChI is InChI=1S/C17H19N3S2/c1-12(18)22-16-5-3-2-4-15(16)14-8-6-13(7-9-14)10-11-21-17(19)20/h2-9,18H,10-11H2,1H3,(H3,19,20). The average Bonchev–Trinajstić information content (AvgIpc) is 2.48. The molecule has 0 aliphatic heterocycles. The molecule has 0 fully saturated rings. The van der Waals surface area contributed by atoms with E-state index in [1.54, 1.807) is 6.92 Å². The highest BCUT2D eigenvalue weighted by molar-refractivity contribution is 8.14. The molecule has 2 aromatic rings. The number of amidine groups is 1. The molecule has 0 heterocycles. The first-order valence-electron chi connectivity index (χ1n) is 6.94. The maximum Gasteiger partial charge on any atom is 0.151 e. The Bertz CT molecular complexity index is 666. The molecule has 5 heteroatoms. The van der Waals surface area contributed by atoms with Crippen molar-refractivity contribution in [2.75, 3.05) is 5.75 Å². The van der Waals surface area contributed by atoms with Crippen LogP contribution in [0, 0.1) is 10.8 Å². The lowest BCUT2D eigenvalue weighted by Crippen LogP contribution is -2.05. The molecule has 0 aromatic heterocycles. The highest BCUT2D eigenvalue weighted by Crippen LogP contribution is 2.31. The number of hydrogen-bond acceptors (Lipinski definition) is 4. The molecule has 0 saturated carbocycles. The first-order valence-corrected chi connectivity index (χ1v) is 8.74. The van der Waals surface area contributed by atoms with E-state index in [2.05, 4.69) is 36.4 Å². The Morgan fingerprint density at radius 2 is 1.73 bits per heavy atom. The molecule has 114 valence electrons. The Morgan fingerprint density at radius 3 is 2.36 bits per heavy atom. The van der Waals surface area contributed by atoms with Gasteiger partial charge in [0.2, 0.25) is 0 Å². The highest BCUT2D eigenvalue weighted by atomic mass is 32.2. The van der Waals surface area contributed by atoms with Crippen molar-refractivity contribution in [2.24, 2.45) is 5.73 Å². The van der Waals surface area contributed by atoms with Gasteiger partial charge in [-0.1, -0.05) is 66.0 Å². The van der Waals surface area contributed by atoms with Crippen molar-refractivity contribution in [3.63, 3.8) is 0 Å². The molecule has 0 bridgehead atoms. The van der Waals surface area contributed by atoms with E-state index in [9.17, 15) is 0 Å². The van der Waals surface area contributed by atoms with Crippen LogP contribution in [0.3, 0.4) is 0 Å². The van der Waals surface area contributed by atoms with Crippen molar-refractivity contribution >= 4 is 33.7 Å². The quantitative estimate of drug-likeness (QED) is 0.426. The minimum atomic E-state index is 0.171. The van der Waals surface area contributed by atoms with Gasteiger partial charge in [0, 0.05) is 10.6 Å². The molecule has 0 saturated heterocycles. The number of rotatable bonds is 5. The number of nitrogens with two attached hydrogens (primary N) is 1. The lowest BCUT2D eigenvalue weighted by atomic mass is 10.0. The summed E-state index contributed by atoms with van der Waals surface area (Å²) in [5.74, 6) is 0.827. The number of nitrogens with one attached hydrogen (secondary N) is 2. The lowest BCUT2D eigenvalue weighted by Gasteiger charge is -2.09. The van der Waals surface area contributed by atoms with Crippen LogP contribution in [0.5, 0.6) is 0 Å². The average molecular weight is 329 g/mol. The first-order chi connectivity index (χ1) is 10.6. The third kappa shape index (κ3) is 4.93. The van der Waals surface area contributed by atoms with Crippen LogP contribution in [0.25, 0.3) is 11.1 Å². The second-order valence-corrected chi connectivity index (χ2v) is 7.21. The van der Waals surface area contributed by atoms with Gasteiger partial charge in [-0.3, -0.25) is 10.8 Å². The van der Waals surface area contributed by atoms with Gasteiger partial charge < -0.3 is 5.73 Å². The van der Waals surface area contributed by atoms with Crippen molar-refractivity contribution in [3.05, 3.63) is 54.1 Å². The van der Waals surface area contributed by atoms with Crippen molar-refractivity contribution in [2.45, 2.75) is 18.2 Å². The summed E-state index contributed by atoms with van der Waals surface area (Å²) < 4.78 is 0. The van der Waals surface area contributed by atoms with Crippen molar-refractivity contribution < 1.29 is 0 Å². The van der Waals surface area contributed by atoms with Crippen LogP contribution in [-0.4, -0.2) is 16.0 Å². The lowest BCUT2D eigenvalue weighted by molar-refractivity contribution is 1.16. The molecule has 3 nitrogen and oxygen atoms in total. The van der Waals surface area contributed by atoms with Crippen LogP contribution in [0.4, 0.5) is 0 Å². The SMILES string of the molecule is CC(=N)Sc1ccccc1-c1ccc(CCSC(=N)N)cc1. The predicted octanol–water partition coefficient (Wildman–Crippen LogP) is 4.61. The largest absolute Gasteiger partial charge is 0.379 e. The molecular formula is C17H19N3S2. The highest BCUT2D eigenvalue weighted by Gasteiger charge is 2.06. The minimum absolute atomic E-state index is 0.171. The predicted molar refractivity (Wildman–Crippen MR) is 99.2 cm³/mol. The number of hydrogen-bond donors (Lipinski definition) is 3. The Balaban J connectivity index is 2.13. The van der Waals surface area contributed by atoms with Crippen molar-refractivity contribution in [3.8, 4) is 11.1 Å². The van der Waals surface area contributed by atoms with Crippen molar-refractivity contribution in [1.82, 2.24) is 0 Å². The fraction of sp³-hybridized carbons (Fsp3) is 0.176. The molecule has 0 unspecified atom stereocenters. The van der Waals surface area contributed by atoms with E-state index >= 15 is 0 Å². The van der Waals surface area contributed by atoms with Gasteiger partial charge in [0.15, 0.2) is 5.17 Å². The minimum Gasteiger partial charge on any atom is -0.379 e. The number of aryl methyl sites for hydroxylation is 1. The molecule has 4 N–H and O–H groups in total. The topological polar surface area (TPSA) is 73.7 Å². The van der Waals surface area contributed by atoms with E-state index in [1.807, 2.05) is 12.1 Å². The molecule has 22 heavy (non-hydrogen) atoms. The normalized spacial score (nSPS) is 10.4. The Labute approximate surface area is 139 Å². The summed E-state index contributed by atoms with van der Waals surface area (Å²) >= 11 is 2.85. The molecule has 0 atom stereocenters. The Hall–Kier alpha value is -1.72. The fourth-order valence-electron chi connectivity index (χ4n) is 2.09. The van der Waals surface area contributed by atoms with Crippen LogP contribution in [0.15, 0.2) is 53.4 Å². The van der Waals surface area contributed by atoms with E-state index in [0.717, 1.165) is 28.2 Å². The Kier molecular flexibility index (Phi) is 6.10. The number of thioether (sulfide) groups is 2. The van der Waals surface area contributed by atoms with Gasteiger partial charge in [-0.15, -0.1) is 0 Å². The molecule has 0 amide bonds. The van der Waals surface area contributed by atoms with Crippen LogP contribution in [-0.2, 0) is 6.42 Å². The van der Waals surface area contributed by atoms with Gasteiger partial charge in [-0.2, -0.15) is 0 Å². The molecule has 0 spiro atoms. The maximum absolute atomic E-state index is 7.67. The van der Waals surface area contributed by atoms with Gasteiger partial charge in [0.1, 0.15) is 0 Å². The van der Waals surface area contributed by atoms with Gasteiger partial charge in [0.25, 0.3) is 0 Å². The summed E-state index contributed by atoms with van der Waals surface area (Å²) in [6, 6.07) is 16.6. The van der Waals surface area contributed by atoms with Crippen molar-refractivity contribution in [1.29, 1.82) is 10.8 Å². The Morgan fingerprint density at radius 1 is 1.05 bits per heavy atom. The zero-order chi connectivity index (χ0) is 15.9. The van der Waals surface area contributed by atoms with E-state index in [1.165, 1.54) is 29.1 Å². The summed E-state index contributed by atoms with van der Waals surface area (Å²) in [6.45, 7) is 1.80. The summed E-state index contributed by atoms with van der Waals surface area (Å²) in [4.78, 5) is 1.11. The van der Waals surface area contributed by atoms with E-state index < -0.39 is 0 Å². The van der Waals surface area contributed by atoms with Gasteiger partial charge in [0.05, 0.1) is 5.04 Å². The number of benzene rings is 2. The molecular weight excluding hydrogens is 310 g/mol. The summed E-state index contributed by atoms with van der Waals surface area (Å²) in [5, 5.41) is 15.6. The monoisotopic (exact) mass is 329 g/mol. The van der Waals surface area contributed by atoms with Crippen LogP contribution >= 0.6 is 23.5 Å². The zero-order valence-electron chi connectivity index (χ0n) is 12.4. The summed E-state index contributed by atoms with van der Waals surface area (Å²) in [5.41, 5.74) is 8.90. The molecule has 2 aromatic carbocycles. The van der Waals surface area contributed by atoms with E-state index in [4.69, 9.17) is 16.6 Å². The van der Waals surface area contributed by atoms with Gasteiger partial charge in [-0.25, -0.2) is 0 Å². The molecule has 0 aliphatic carbocycles. The molecule has 0 aliphatic rings. The second kappa shape index (κ2) is 8.06. The van der Waals surface area contributed by atoms with Gasteiger partial charge >= 0.3 is 0 Å². The summed E-state index contributed by atoms with van der Waals surface area (Å²) in [6.07, 6.45) is 0.903. The maximum atomic E-state index is 7.67. The van der Waals surface area contributed by atoms with Crippen LogP contribution in [0.2, 0.25) is 0 Å². The van der Waals surface area contributed by atoms with E-state index in [-0.39, 0.29) is 5.17 Å². The van der Waals surface area contributed by atoms with E-state index in [0.29, 0.717) is 5.04 Å². The fourth-order valence-corrected chi connectivity index (χ4v) is 3.42. The summed E-state index contributed by atoms with van der Waals surface area (Å²) in [7, 11) is 0. The van der Waals surface area contributed by atoms with Crippen LogP contribution < -0.4 is 5.73 Å². The second-order valence-electron chi connectivity index (χ2n) is 4.81. The third-order valence-electron chi connectivity index (χ3n) is 3.06. The zero-order valence-corrected chi connectivity index (χ0v) is 14.1. The van der Waals surface area contributed by atoms with Gasteiger partial charge in [-0.05, 0) is 36.1 Å².